The second-order valence-corrected chi connectivity index (χ2v) is 8.85. The van der Waals surface area contributed by atoms with Gasteiger partial charge in [-0.25, -0.2) is 9.97 Å². The lowest BCUT2D eigenvalue weighted by molar-refractivity contribution is -0.0753. The first-order valence-corrected chi connectivity index (χ1v) is 11.6. The average Bonchev–Trinajstić information content (AvgIpc) is 3.53. The Bertz CT molecular complexity index is 954. The summed E-state index contributed by atoms with van der Waals surface area (Å²) in [6.45, 7) is 7.20. The third-order valence-corrected chi connectivity index (χ3v) is 7.04. The van der Waals surface area contributed by atoms with Crippen LogP contribution in [-0.4, -0.2) is 53.9 Å². The van der Waals surface area contributed by atoms with Gasteiger partial charge in [0.2, 0.25) is 5.95 Å². The van der Waals surface area contributed by atoms with Gasteiger partial charge in [-0.05, 0) is 31.7 Å². The minimum Gasteiger partial charge on any atom is -0.363 e. The zero-order chi connectivity index (χ0) is 19.6. The summed E-state index contributed by atoms with van der Waals surface area (Å²) in [7, 11) is 0. The third-order valence-electron chi connectivity index (χ3n) is 6.15. The molecule has 0 amide bonds. The number of thiophene rings is 1. The number of fused-ring (bicyclic) bond motifs is 1. The molecule has 2 aromatic heterocycles. The molecule has 1 aromatic carbocycles. The lowest BCUT2D eigenvalue weighted by Gasteiger charge is -2.32. The summed E-state index contributed by atoms with van der Waals surface area (Å²) in [6.07, 6.45) is 5.97. The largest absolute Gasteiger partial charge is 0.363 e. The summed E-state index contributed by atoms with van der Waals surface area (Å²) >= 11 is 1.71. The molecular weight excluding hydrogens is 380 g/mol. The zero-order valence-corrected chi connectivity index (χ0v) is 17.8. The second kappa shape index (κ2) is 8.38. The first kappa shape index (κ1) is 19.0. The smallest absolute Gasteiger partial charge is 0.226 e. The standard InChI is InChI=1S/C23H28N4OS/c1-2-28-22(26-11-6-7-12-26)18-10-13-27(15-18)23-24-14-19-20(16-29-21(19)25-23)17-8-4-3-5-9-17/h3-5,8-9,14,16,18,22H,2,6-7,10-13,15H2,1H3. The van der Waals surface area contributed by atoms with Crippen LogP contribution in [0.1, 0.15) is 26.2 Å². The molecule has 0 bridgehead atoms. The van der Waals surface area contributed by atoms with Crippen LogP contribution in [0.25, 0.3) is 21.3 Å². The average molecular weight is 409 g/mol. The molecule has 29 heavy (non-hydrogen) atoms. The minimum absolute atomic E-state index is 0.239. The third kappa shape index (κ3) is 3.77. The van der Waals surface area contributed by atoms with Crippen molar-refractivity contribution in [2.75, 3.05) is 37.7 Å². The number of hydrogen-bond acceptors (Lipinski definition) is 6. The Hall–Kier alpha value is -2.02. The quantitative estimate of drug-likeness (QED) is 0.594. The number of hydrogen-bond donors (Lipinski definition) is 0. The molecule has 152 valence electrons. The van der Waals surface area contributed by atoms with Crippen molar-refractivity contribution in [3.63, 3.8) is 0 Å². The number of likely N-dealkylation sites (tertiary alicyclic amines) is 1. The fraction of sp³-hybridized carbons (Fsp3) is 0.478. The Morgan fingerprint density at radius 1 is 1.17 bits per heavy atom. The molecule has 3 aromatic rings. The van der Waals surface area contributed by atoms with E-state index in [-0.39, 0.29) is 6.23 Å². The lowest BCUT2D eigenvalue weighted by Crippen LogP contribution is -2.42. The predicted octanol–water partition coefficient (Wildman–Crippen LogP) is 4.64. The summed E-state index contributed by atoms with van der Waals surface area (Å²) in [4.78, 5) is 15.6. The lowest BCUT2D eigenvalue weighted by atomic mass is 10.1. The van der Waals surface area contributed by atoms with E-state index in [9.17, 15) is 0 Å². The van der Waals surface area contributed by atoms with Gasteiger partial charge < -0.3 is 9.64 Å². The molecule has 2 unspecified atom stereocenters. The molecule has 5 rings (SSSR count). The van der Waals surface area contributed by atoms with Crippen molar-refractivity contribution in [3.8, 4) is 11.1 Å². The molecule has 6 heteroatoms. The molecule has 0 radical (unpaired) electrons. The maximum atomic E-state index is 6.18. The van der Waals surface area contributed by atoms with Crippen molar-refractivity contribution in [2.24, 2.45) is 5.92 Å². The van der Waals surface area contributed by atoms with Crippen LogP contribution >= 0.6 is 11.3 Å². The van der Waals surface area contributed by atoms with Crippen LogP contribution in [0.4, 0.5) is 5.95 Å². The van der Waals surface area contributed by atoms with Crippen LogP contribution in [0.15, 0.2) is 41.9 Å². The maximum absolute atomic E-state index is 6.18. The van der Waals surface area contributed by atoms with Crippen LogP contribution < -0.4 is 4.90 Å². The Kier molecular flexibility index (Phi) is 5.48. The summed E-state index contributed by atoms with van der Waals surface area (Å²) in [5.41, 5.74) is 2.45. The van der Waals surface area contributed by atoms with Crippen molar-refractivity contribution in [2.45, 2.75) is 32.4 Å². The molecule has 0 spiro atoms. The molecule has 2 aliphatic heterocycles. The van der Waals surface area contributed by atoms with Gasteiger partial charge in [0.15, 0.2) is 0 Å². The number of anilines is 1. The fourth-order valence-electron chi connectivity index (χ4n) is 4.71. The van der Waals surface area contributed by atoms with E-state index < -0.39 is 0 Å². The minimum atomic E-state index is 0.239. The number of nitrogens with zero attached hydrogens (tertiary/aromatic N) is 4. The Morgan fingerprint density at radius 2 is 2.00 bits per heavy atom. The zero-order valence-electron chi connectivity index (χ0n) is 17.0. The maximum Gasteiger partial charge on any atom is 0.226 e. The van der Waals surface area contributed by atoms with Crippen LogP contribution in [0.3, 0.4) is 0 Å². The molecule has 5 nitrogen and oxygen atoms in total. The van der Waals surface area contributed by atoms with Crippen molar-refractivity contribution in [3.05, 3.63) is 41.9 Å². The number of benzene rings is 1. The van der Waals surface area contributed by atoms with Gasteiger partial charge in [-0.15, -0.1) is 11.3 Å². The van der Waals surface area contributed by atoms with Crippen LogP contribution in [0.2, 0.25) is 0 Å². The molecule has 4 heterocycles. The highest BCUT2D eigenvalue weighted by atomic mass is 32.1. The van der Waals surface area contributed by atoms with E-state index in [0.717, 1.165) is 42.3 Å². The van der Waals surface area contributed by atoms with E-state index in [4.69, 9.17) is 14.7 Å². The molecular formula is C23H28N4OS. The van der Waals surface area contributed by atoms with Crippen molar-refractivity contribution >= 4 is 27.5 Å². The summed E-state index contributed by atoms with van der Waals surface area (Å²) in [6, 6.07) is 10.5. The van der Waals surface area contributed by atoms with Gasteiger partial charge in [0.25, 0.3) is 0 Å². The Labute approximate surface area is 176 Å². The van der Waals surface area contributed by atoms with E-state index in [1.165, 1.54) is 37.1 Å². The first-order valence-electron chi connectivity index (χ1n) is 10.7. The van der Waals surface area contributed by atoms with Gasteiger partial charge in [-0.2, -0.15) is 0 Å². The van der Waals surface area contributed by atoms with Crippen LogP contribution in [-0.2, 0) is 4.74 Å². The molecule has 2 saturated heterocycles. The summed E-state index contributed by atoms with van der Waals surface area (Å²) in [5.74, 6) is 1.38. The molecule has 2 fully saturated rings. The normalized spacial score (nSPS) is 21.3. The summed E-state index contributed by atoms with van der Waals surface area (Å²) < 4.78 is 6.18. The van der Waals surface area contributed by atoms with Gasteiger partial charge in [-0.3, -0.25) is 4.90 Å². The van der Waals surface area contributed by atoms with Gasteiger partial charge in [0.05, 0.1) is 0 Å². The molecule has 0 saturated carbocycles. The number of rotatable bonds is 6. The first-order chi connectivity index (χ1) is 14.3. The van der Waals surface area contributed by atoms with Crippen LogP contribution in [0.5, 0.6) is 0 Å². The van der Waals surface area contributed by atoms with Gasteiger partial charge >= 0.3 is 0 Å². The predicted molar refractivity (Wildman–Crippen MR) is 119 cm³/mol. The highest BCUT2D eigenvalue weighted by molar-refractivity contribution is 7.17. The van der Waals surface area contributed by atoms with E-state index in [1.807, 2.05) is 12.3 Å². The van der Waals surface area contributed by atoms with Gasteiger partial charge in [-0.1, -0.05) is 30.3 Å². The second-order valence-electron chi connectivity index (χ2n) is 7.99. The molecule has 0 aliphatic carbocycles. The van der Waals surface area contributed by atoms with E-state index >= 15 is 0 Å². The van der Waals surface area contributed by atoms with Gasteiger partial charge in [0.1, 0.15) is 11.1 Å². The van der Waals surface area contributed by atoms with Gasteiger partial charge in [0, 0.05) is 61.2 Å². The fourth-order valence-corrected chi connectivity index (χ4v) is 5.63. The molecule has 2 aliphatic rings. The molecule has 0 N–H and O–H groups in total. The summed E-state index contributed by atoms with van der Waals surface area (Å²) in [5, 5.41) is 3.34. The van der Waals surface area contributed by atoms with E-state index in [2.05, 4.69) is 46.4 Å². The Morgan fingerprint density at radius 3 is 2.79 bits per heavy atom. The van der Waals surface area contributed by atoms with E-state index in [0.29, 0.717) is 5.92 Å². The number of aromatic nitrogens is 2. The van der Waals surface area contributed by atoms with Crippen LogP contribution in [0, 0.1) is 5.92 Å². The highest BCUT2D eigenvalue weighted by Crippen LogP contribution is 2.34. The topological polar surface area (TPSA) is 41.5 Å². The SMILES string of the molecule is CCOC(C1CCN(c2ncc3c(-c4ccccc4)csc3n2)C1)N1CCCC1. The highest BCUT2D eigenvalue weighted by Gasteiger charge is 2.35. The Balaban J connectivity index is 1.35. The number of ether oxygens (including phenoxy) is 1. The molecule has 2 atom stereocenters. The van der Waals surface area contributed by atoms with E-state index in [1.54, 1.807) is 11.3 Å². The monoisotopic (exact) mass is 408 g/mol. The van der Waals surface area contributed by atoms with Crippen molar-refractivity contribution in [1.29, 1.82) is 0 Å². The van der Waals surface area contributed by atoms with Crippen molar-refractivity contribution in [1.82, 2.24) is 14.9 Å². The van der Waals surface area contributed by atoms with Crippen molar-refractivity contribution < 1.29 is 4.74 Å².